The van der Waals surface area contributed by atoms with Crippen molar-refractivity contribution in [2.45, 2.75) is 37.1 Å². The summed E-state index contributed by atoms with van der Waals surface area (Å²) in [6.45, 7) is 6.52. The summed E-state index contributed by atoms with van der Waals surface area (Å²) in [6, 6.07) is 18.3. The largest absolute Gasteiger partial charge is 0.348 e. The maximum Gasteiger partial charge on any atom is 0.348 e. The summed E-state index contributed by atoms with van der Waals surface area (Å²) in [6.07, 6.45) is 0. The van der Waals surface area contributed by atoms with Crippen LogP contribution in [0.5, 0.6) is 0 Å². The summed E-state index contributed by atoms with van der Waals surface area (Å²) in [5, 5.41) is 7.39. The molecule has 0 aliphatic carbocycles. The van der Waals surface area contributed by atoms with Gasteiger partial charge in [0.1, 0.15) is 0 Å². The summed E-state index contributed by atoms with van der Waals surface area (Å²) in [4.78, 5) is 12.2. The Hall–Kier alpha value is -2.27. The van der Waals surface area contributed by atoms with E-state index in [1.54, 1.807) is 16.3 Å². The van der Waals surface area contributed by atoms with Crippen LogP contribution in [0.25, 0.3) is 5.69 Å². The minimum Gasteiger partial charge on any atom is -0.246 e. The zero-order valence-electron chi connectivity index (χ0n) is 14.1. The normalized spacial score (nSPS) is 11.6. The zero-order valence-corrected chi connectivity index (χ0v) is 14.9. The highest BCUT2D eigenvalue weighted by molar-refractivity contribution is 7.98. The van der Waals surface area contributed by atoms with Crippen molar-refractivity contribution in [3.63, 3.8) is 0 Å². The lowest BCUT2D eigenvalue weighted by molar-refractivity contribution is 0.590. The number of hydrogen-bond donors (Lipinski definition) is 1. The number of nitrogens with one attached hydrogen (secondary N) is 1. The first kappa shape index (κ1) is 16.6. The molecule has 5 heteroatoms. The maximum atomic E-state index is 12.2. The number of benzene rings is 2. The third-order valence-electron chi connectivity index (χ3n) is 3.84. The molecule has 0 saturated carbocycles. The second-order valence-corrected chi connectivity index (χ2v) is 7.66. The van der Waals surface area contributed by atoms with Crippen LogP contribution in [0.15, 0.2) is 64.5 Å². The van der Waals surface area contributed by atoms with Gasteiger partial charge in [-0.25, -0.2) is 14.5 Å². The van der Waals surface area contributed by atoms with Gasteiger partial charge >= 0.3 is 5.69 Å². The van der Waals surface area contributed by atoms with Crippen LogP contribution in [0, 0.1) is 0 Å². The quantitative estimate of drug-likeness (QED) is 0.727. The molecule has 0 atom stereocenters. The maximum absolute atomic E-state index is 12.2. The molecule has 0 saturated heterocycles. The molecular weight excluding hydrogens is 318 g/mol. The minimum atomic E-state index is -0.214. The van der Waals surface area contributed by atoms with E-state index in [0.29, 0.717) is 5.16 Å². The zero-order chi connectivity index (χ0) is 17.2. The first-order valence-corrected chi connectivity index (χ1v) is 8.89. The summed E-state index contributed by atoms with van der Waals surface area (Å²) in [5.41, 5.74) is 3.14. The van der Waals surface area contributed by atoms with E-state index in [1.165, 1.54) is 11.1 Å². The third-order valence-corrected chi connectivity index (χ3v) is 4.85. The molecule has 3 rings (SSSR count). The van der Waals surface area contributed by atoms with E-state index in [0.717, 1.165) is 11.4 Å². The molecule has 24 heavy (non-hydrogen) atoms. The van der Waals surface area contributed by atoms with Gasteiger partial charge in [-0.15, -0.1) is 5.10 Å². The Balaban J connectivity index is 1.86. The minimum absolute atomic E-state index is 0.0881. The molecular formula is C19H21N3OS. The van der Waals surface area contributed by atoms with Crippen molar-refractivity contribution >= 4 is 11.8 Å². The van der Waals surface area contributed by atoms with Crippen molar-refractivity contribution in [3.8, 4) is 5.69 Å². The summed E-state index contributed by atoms with van der Waals surface area (Å²) in [7, 11) is 0. The Morgan fingerprint density at radius 1 is 1.04 bits per heavy atom. The second kappa shape index (κ2) is 6.69. The molecule has 4 nitrogen and oxygen atoms in total. The highest BCUT2D eigenvalue weighted by Gasteiger charge is 2.15. The van der Waals surface area contributed by atoms with Gasteiger partial charge in [0.2, 0.25) is 0 Å². The van der Waals surface area contributed by atoms with E-state index in [1.807, 2.05) is 30.3 Å². The molecule has 124 valence electrons. The topological polar surface area (TPSA) is 50.7 Å². The Kier molecular flexibility index (Phi) is 4.62. The Bertz CT molecular complexity index is 858. The molecule has 1 N–H and O–H groups in total. The van der Waals surface area contributed by atoms with Crippen molar-refractivity contribution < 1.29 is 0 Å². The van der Waals surface area contributed by atoms with Gasteiger partial charge in [-0.3, -0.25) is 0 Å². The van der Waals surface area contributed by atoms with Crippen molar-refractivity contribution in [2.24, 2.45) is 0 Å². The predicted octanol–water partition coefficient (Wildman–Crippen LogP) is 4.15. The Morgan fingerprint density at radius 2 is 1.71 bits per heavy atom. The van der Waals surface area contributed by atoms with E-state index in [-0.39, 0.29) is 11.1 Å². The predicted molar refractivity (Wildman–Crippen MR) is 98.9 cm³/mol. The van der Waals surface area contributed by atoms with Gasteiger partial charge in [-0.2, -0.15) is 0 Å². The smallest absolute Gasteiger partial charge is 0.246 e. The van der Waals surface area contributed by atoms with Gasteiger partial charge in [-0.1, -0.05) is 75.0 Å². The van der Waals surface area contributed by atoms with Crippen LogP contribution in [-0.4, -0.2) is 14.8 Å². The average Bonchev–Trinajstić information content (AvgIpc) is 2.94. The lowest BCUT2D eigenvalue weighted by atomic mass is 9.87. The summed E-state index contributed by atoms with van der Waals surface area (Å²) < 4.78 is 1.63. The van der Waals surface area contributed by atoms with Crippen LogP contribution >= 0.6 is 11.8 Å². The standard InChI is InChI=1S/C19H21N3OS/c1-19(2,3)15-9-11-16(12-10-15)22-17(23)20-21-18(22)24-13-14-7-5-4-6-8-14/h4-12H,13H2,1-3H3,(H,20,23). The van der Waals surface area contributed by atoms with Crippen molar-refractivity contribution in [1.82, 2.24) is 14.8 Å². The van der Waals surface area contributed by atoms with E-state index < -0.39 is 0 Å². The lowest BCUT2D eigenvalue weighted by Gasteiger charge is -2.19. The van der Waals surface area contributed by atoms with E-state index in [2.05, 4.69) is 55.2 Å². The molecule has 1 aromatic heterocycles. The van der Waals surface area contributed by atoms with Crippen LogP contribution in [0.1, 0.15) is 31.9 Å². The van der Waals surface area contributed by atoms with Crippen LogP contribution < -0.4 is 5.69 Å². The fraction of sp³-hybridized carbons (Fsp3) is 0.263. The molecule has 0 amide bonds. The number of thioether (sulfide) groups is 1. The number of aromatic amines is 1. The van der Waals surface area contributed by atoms with Gasteiger partial charge in [-0.05, 0) is 28.7 Å². The molecule has 0 unspecified atom stereocenters. The fourth-order valence-electron chi connectivity index (χ4n) is 2.44. The number of H-pyrrole nitrogens is 1. The number of nitrogens with zero attached hydrogens (tertiary/aromatic N) is 2. The lowest BCUT2D eigenvalue weighted by Crippen LogP contribution is -2.16. The average molecular weight is 339 g/mol. The Morgan fingerprint density at radius 3 is 2.33 bits per heavy atom. The molecule has 2 aromatic carbocycles. The van der Waals surface area contributed by atoms with Gasteiger partial charge in [0.25, 0.3) is 0 Å². The van der Waals surface area contributed by atoms with Gasteiger partial charge in [0.15, 0.2) is 5.16 Å². The van der Waals surface area contributed by atoms with E-state index in [4.69, 9.17) is 0 Å². The van der Waals surface area contributed by atoms with Crippen LogP contribution in [0.4, 0.5) is 0 Å². The highest BCUT2D eigenvalue weighted by atomic mass is 32.2. The van der Waals surface area contributed by atoms with E-state index >= 15 is 0 Å². The number of rotatable bonds is 4. The van der Waals surface area contributed by atoms with E-state index in [9.17, 15) is 4.79 Å². The van der Waals surface area contributed by atoms with Gasteiger partial charge in [0, 0.05) is 5.75 Å². The third kappa shape index (κ3) is 3.62. The SMILES string of the molecule is CC(C)(C)c1ccc(-n2c(SCc3ccccc3)n[nH]c2=O)cc1. The fourth-order valence-corrected chi connectivity index (χ4v) is 3.36. The number of aromatic nitrogens is 3. The van der Waals surface area contributed by atoms with Crippen LogP contribution in [0.2, 0.25) is 0 Å². The highest BCUT2D eigenvalue weighted by Crippen LogP contribution is 2.25. The van der Waals surface area contributed by atoms with Crippen molar-refractivity contribution in [3.05, 3.63) is 76.2 Å². The molecule has 0 spiro atoms. The van der Waals surface area contributed by atoms with Crippen molar-refractivity contribution in [2.75, 3.05) is 0 Å². The summed E-state index contributed by atoms with van der Waals surface area (Å²) >= 11 is 1.55. The van der Waals surface area contributed by atoms with Crippen LogP contribution in [-0.2, 0) is 11.2 Å². The van der Waals surface area contributed by atoms with Crippen molar-refractivity contribution in [1.29, 1.82) is 0 Å². The van der Waals surface area contributed by atoms with Gasteiger partial charge < -0.3 is 0 Å². The van der Waals surface area contributed by atoms with Gasteiger partial charge in [0.05, 0.1) is 5.69 Å². The number of hydrogen-bond acceptors (Lipinski definition) is 3. The molecule has 3 aromatic rings. The second-order valence-electron chi connectivity index (χ2n) is 6.72. The molecule has 0 radical (unpaired) electrons. The monoisotopic (exact) mass is 339 g/mol. The first-order chi connectivity index (χ1) is 11.4. The van der Waals surface area contributed by atoms with Crippen LogP contribution in [0.3, 0.4) is 0 Å². The molecule has 0 aliphatic rings. The molecule has 0 bridgehead atoms. The molecule has 0 aliphatic heterocycles. The first-order valence-electron chi connectivity index (χ1n) is 7.90. The molecule has 1 heterocycles. The Labute approximate surface area is 145 Å². The summed E-state index contributed by atoms with van der Waals surface area (Å²) in [5.74, 6) is 0.769. The molecule has 0 fully saturated rings.